The fourth-order valence-electron chi connectivity index (χ4n) is 0.700. The summed E-state index contributed by atoms with van der Waals surface area (Å²) in [7, 11) is 0. The van der Waals surface area contributed by atoms with E-state index in [1.165, 1.54) is 0 Å². The first-order valence-electron chi connectivity index (χ1n) is 4.12. The smallest absolute Gasteiger partial charge is 0.305 e. The Labute approximate surface area is 76.8 Å². The molecule has 5 heteroatoms. The molecule has 0 spiro atoms. The largest absolute Gasteiger partial charge is 0.481 e. The molecule has 0 aromatic heterocycles. The van der Waals surface area contributed by atoms with E-state index in [0.29, 0.717) is 0 Å². The lowest BCUT2D eigenvalue weighted by Gasteiger charge is -2.13. The predicted molar refractivity (Wildman–Crippen MR) is 46.1 cm³/mol. The SMILES string of the molecule is CC(C)C(O)C(=O)NCCC(=O)O. The van der Waals surface area contributed by atoms with Crippen LogP contribution in [0.1, 0.15) is 20.3 Å². The molecule has 5 nitrogen and oxygen atoms in total. The monoisotopic (exact) mass is 189 g/mol. The number of amides is 1. The van der Waals surface area contributed by atoms with Gasteiger partial charge < -0.3 is 15.5 Å². The summed E-state index contributed by atoms with van der Waals surface area (Å²) in [5.41, 5.74) is 0. The molecule has 0 fully saturated rings. The van der Waals surface area contributed by atoms with Crippen LogP contribution in [0.25, 0.3) is 0 Å². The molecular weight excluding hydrogens is 174 g/mol. The number of hydrogen-bond acceptors (Lipinski definition) is 3. The molecule has 1 atom stereocenters. The number of aliphatic hydroxyl groups excluding tert-OH is 1. The number of nitrogens with one attached hydrogen (secondary N) is 1. The van der Waals surface area contributed by atoms with E-state index >= 15 is 0 Å². The van der Waals surface area contributed by atoms with Crippen LogP contribution in [0.2, 0.25) is 0 Å². The lowest BCUT2D eigenvalue weighted by atomic mass is 10.1. The van der Waals surface area contributed by atoms with Gasteiger partial charge in [-0.3, -0.25) is 9.59 Å². The second kappa shape index (κ2) is 5.53. The van der Waals surface area contributed by atoms with Gasteiger partial charge in [-0.05, 0) is 5.92 Å². The Morgan fingerprint density at radius 2 is 1.92 bits per heavy atom. The molecule has 0 aliphatic carbocycles. The van der Waals surface area contributed by atoms with E-state index in [1.807, 2.05) is 0 Å². The van der Waals surface area contributed by atoms with Crippen LogP contribution in [0, 0.1) is 5.92 Å². The molecule has 76 valence electrons. The Balaban J connectivity index is 3.68. The van der Waals surface area contributed by atoms with Crippen molar-refractivity contribution in [3.63, 3.8) is 0 Å². The summed E-state index contributed by atoms with van der Waals surface area (Å²) in [4.78, 5) is 21.1. The van der Waals surface area contributed by atoms with Gasteiger partial charge in [0.25, 0.3) is 0 Å². The fourth-order valence-corrected chi connectivity index (χ4v) is 0.700. The minimum atomic E-state index is -1.06. The summed E-state index contributed by atoms with van der Waals surface area (Å²) >= 11 is 0. The van der Waals surface area contributed by atoms with Crippen molar-refractivity contribution in [2.24, 2.45) is 5.92 Å². The average molecular weight is 189 g/mol. The Morgan fingerprint density at radius 1 is 1.38 bits per heavy atom. The fraction of sp³-hybridized carbons (Fsp3) is 0.750. The van der Waals surface area contributed by atoms with Crippen LogP contribution < -0.4 is 5.32 Å². The minimum absolute atomic E-state index is 0.0535. The molecule has 0 radical (unpaired) electrons. The number of carboxylic acids is 1. The molecule has 0 bridgehead atoms. The molecule has 0 aliphatic heterocycles. The Kier molecular flexibility index (Phi) is 5.06. The van der Waals surface area contributed by atoms with Gasteiger partial charge in [0.15, 0.2) is 0 Å². The summed E-state index contributed by atoms with van der Waals surface area (Å²) in [5, 5.41) is 19.8. The summed E-state index contributed by atoms with van der Waals surface area (Å²) < 4.78 is 0. The highest BCUT2D eigenvalue weighted by atomic mass is 16.4. The van der Waals surface area contributed by atoms with Gasteiger partial charge in [-0.25, -0.2) is 0 Å². The van der Waals surface area contributed by atoms with E-state index in [4.69, 9.17) is 5.11 Å². The minimum Gasteiger partial charge on any atom is -0.481 e. The molecule has 3 N–H and O–H groups in total. The van der Waals surface area contributed by atoms with Gasteiger partial charge in [0.1, 0.15) is 6.10 Å². The number of aliphatic hydroxyl groups is 1. The van der Waals surface area contributed by atoms with Crippen LogP contribution in [0.3, 0.4) is 0 Å². The number of carbonyl (C=O) groups excluding carboxylic acids is 1. The van der Waals surface area contributed by atoms with Crippen LogP contribution in [0.5, 0.6) is 0 Å². The first-order chi connectivity index (χ1) is 5.95. The van der Waals surface area contributed by atoms with Gasteiger partial charge in [-0.2, -0.15) is 0 Å². The van der Waals surface area contributed by atoms with Crippen LogP contribution in [0.4, 0.5) is 0 Å². The number of carboxylic acid groups (broad SMARTS) is 1. The maximum atomic E-state index is 11.0. The molecule has 1 unspecified atom stereocenters. The zero-order valence-electron chi connectivity index (χ0n) is 7.78. The highest BCUT2D eigenvalue weighted by molar-refractivity contribution is 5.81. The zero-order chi connectivity index (χ0) is 10.4. The van der Waals surface area contributed by atoms with Gasteiger partial charge >= 0.3 is 5.97 Å². The summed E-state index contributed by atoms with van der Waals surface area (Å²) in [5.74, 6) is -1.65. The number of aliphatic carboxylic acids is 1. The Hall–Kier alpha value is -1.10. The normalized spacial score (nSPS) is 12.6. The van der Waals surface area contributed by atoms with E-state index in [1.54, 1.807) is 13.8 Å². The van der Waals surface area contributed by atoms with Crippen molar-refractivity contribution in [2.75, 3.05) is 6.54 Å². The lowest BCUT2D eigenvalue weighted by Crippen LogP contribution is -2.38. The van der Waals surface area contributed by atoms with E-state index in [-0.39, 0.29) is 18.9 Å². The second-order valence-corrected chi connectivity index (χ2v) is 3.12. The summed E-state index contributed by atoms with van der Waals surface area (Å²) in [6.07, 6.45) is -1.19. The quantitative estimate of drug-likeness (QED) is 0.549. The second-order valence-electron chi connectivity index (χ2n) is 3.12. The van der Waals surface area contributed by atoms with Crippen molar-refractivity contribution in [1.29, 1.82) is 0 Å². The summed E-state index contributed by atoms with van der Waals surface area (Å²) in [6, 6.07) is 0. The summed E-state index contributed by atoms with van der Waals surface area (Å²) in [6.45, 7) is 3.47. The van der Waals surface area contributed by atoms with Crippen molar-refractivity contribution < 1.29 is 19.8 Å². The Bertz CT molecular complexity index is 191. The predicted octanol–water partition coefficient (Wildman–Crippen LogP) is -0.406. The van der Waals surface area contributed by atoms with Crippen molar-refractivity contribution in [3.05, 3.63) is 0 Å². The molecule has 1 amide bonds. The topological polar surface area (TPSA) is 86.6 Å². The van der Waals surface area contributed by atoms with E-state index in [2.05, 4.69) is 5.32 Å². The molecular formula is C8H15NO4. The standard InChI is InChI=1S/C8H15NO4/c1-5(2)7(12)8(13)9-4-3-6(10)11/h5,7,12H,3-4H2,1-2H3,(H,9,13)(H,10,11). The van der Waals surface area contributed by atoms with E-state index < -0.39 is 18.0 Å². The third kappa shape index (κ3) is 5.19. The van der Waals surface area contributed by atoms with Crippen molar-refractivity contribution in [3.8, 4) is 0 Å². The first kappa shape index (κ1) is 11.9. The van der Waals surface area contributed by atoms with Gasteiger partial charge in [-0.15, -0.1) is 0 Å². The van der Waals surface area contributed by atoms with Crippen LogP contribution in [-0.4, -0.2) is 34.7 Å². The van der Waals surface area contributed by atoms with E-state index in [9.17, 15) is 14.7 Å². The first-order valence-corrected chi connectivity index (χ1v) is 4.12. The third-order valence-electron chi connectivity index (χ3n) is 1.54. The maximum absolute atomic E-state index is 11.0. The number of carbonyl (C=O) groups is 2. The van der Waals surface area contributed by atoms with Gasteiger partial charge in [0, 0.05) is 6.54 Å². The van der Waals surface area contributed by atoms with Crippen molar-refractivity contribution in [2.45, 2.75) is 26.4 Å². The number of rotatable bonds is 5. The molecule has 13 heavy (non-hydrogen) atoms. The van der Waals surface area contributed by atoms with Crippen LogP contribution in [0.15, 0.2) is 0 Å². The van der Waals surface area contributed by atoms with Gasteiger partial charge in [0.2, 0.25) is 5.91 Å². The van der Waals surface area contributed by atoms with Crippen LogP contribution in [-0.2, 0) is 9.59 Å². The Morgan fingerprint density at radius 3 is 2.31 bits per heavy atom. The number of hydrogen-bond donors (Lipinski definition) is 3. The highest BCUT2D eigenvalue weighted by Crippen LogP contribution is 2.00. The molecule has 0 saturated carbocycles. The molecule has 0 saturated heterocycles. The molecule has 0 rings (SSSR count). The molecule has 0 aliphatic rings. The average Bonchev–Trinajstić information content (AvgIpc) is 2.02. The van der Waals surface area contributed by atoms with Crippen LogP contribution >= 0.6 is 0 Å². The van der Waals surface area contributed by atoms with Gasteiger partial charge in [-0.1, -0.05) is 13.8 Å². The lowest BCUT2D eigenvalue weighted by molar-refractivity contribution is -0.137. The molecule has 0 heterocycles. The highest BCUT2D eigenvalue weighted by Gasteiger charge is 2.17. The molecule has 0 aromatic carbocycles. The van der Waals surface area contributed by atoms with Gasteiger partial charge in [0.05, 0.1) is 6.42 Å². The molecule has 0 aromatic rings. The zero-order valence-corrected chi connectivity index (χ0v) is 7.78. The van der Waals surface area contributed by atoms with E-state index in [0.717, 1.165) is 0 Å². The maximum Gasteiger partial charge on any atom is 0.305 e. The third-order valence-corrected chi connectivity index (χ3v) is 1.54. The van der Waals surface area contributed by atoms with Crippen molar-refractivity contribution in [1.82, 2.24) is 5.32 Å². The van der Waals surface area contributed by atoms with Crippen molar-refractivity contribution >= 4 is 11.9 Å².